The van der Waals surface area contributed by atoms with Gasteiger partial charge in [-0.3, -0.25) is 4.68 Å². The van der Waals surface area contributed by atoms with Crippen molar-refractivity contribution < 1.29 is 0 Å². The Balaban J connectivity index is 1.85. The molecule has 1 unspecified atom stereocenters. The smallest absolute Gasteiger partial charge is 0.0492 e. The third-order valence-corrected chi connectivity index (χ3v) is 4.80. The van der Waals surface area contributed by atoms with Gasteiger partial charge in [0.15, 0.2) is 0 Å². The van der Waals surface area contributed by atoms with E-state index in [1.165, 1.54) is 10.6 Å². The standard InChI is InChI=1S/C16H22ClN3S/c1-3-18-14(7-8-15-9-10-19-20(15)2)12-21-16-6-4-5-13(17)11-16/h4-6,9-11,14,18H,3,7-8,12H2,1-2H3. The molecule has 0 saturated heterocycles. The van der Waals surface area contributed by atoms with Gasteiger partial charge in [-0.15, -0.1) is 11.8 Å². The second-order valence-corrected chi connectivity index (χ2v) is 6.54. The van der Waals surface area contributed by atoms with Crippen LogP contribution in [0.3, 0.4) is 0 Å². The Kier molecular flexibility index (Phi) is 6.61. The summed E-state index contributed by atoms with van der Waals surface area (Å²) >= 11 is 7.88. The molecule has 21 heavy (non-hydrogen) atoms. The van der Waals surface area contributed by atoms with Gasteiger partial charge >= 0.3 is 0 Å². The Morgan fingerprint density at radius 1 is 1.38 bits per heavy atom. The summed E-state index contributed by atoms with van der Waals surface area (Å²) in [5.41, 5.74) is 1.28. The fraction of sp³-hybridized carbons (Fsp3) is 0.438. The van der Waals surface area contributed by atoms with E-state index in [2.05, 4.69) is 29.5 Å². The lowest BCUT2D eigenvalue weighted by Crippen LogP contribution is -2.31. The van der Waals surface area contributed by atoms with Crippen LogP contribution < -0.4 is 5.32 Å². The number of aromatic nitrogens is 2. The summed E-state index contributed by atoms with van der Waals surface area (Å²) in [6, 6.07) is 10.6. The van der Waals surface area contributed by atoms with Gasteiger partial charge < -0.3 is 5.32 Å². The Hall–Kier alpha value is -0.970. The molecule has 0 spiro atoms. The zero-order valence-electron chi connectivity index (χ0n) is 12.6. The molecule has 1 atom stereocenters. The highest BCUT2D eigenvalue weighted by Crippen LogP contribution is 2.23. The topological polar surface area (TPSA) is 29.9 Å². The molecular formula is C16H22ClN3S. The minimum absolute atomic E-state index is 0.494. The van der Waals surface area contributed by atoms with E-state index in [0.29, 0.717) is 6.04 Å². The van der Waals surface area contributed by atoms with Crippen molar-refractivity contribution >= 4 is 23.4 Å². The van der Waals surface area contributed by atoms with E-state index in [1.807, 2.05) is 47.9 Å². The largest absolute Gasteiger partial charge is 0.313 e. The van der Waals surface area contributed by atoms with Crippen molar-refractivity contribution in [3.05, 3.63) is 47.2 Å². The Bertz CT molecular complexity index is 556. The fourth-order valence-electron chi connectivity index (χ4n) is 2.26. The van der Waals surface area contributed by atoms with Gasteiger partial charge in [0.2, 0.25) is 0 Å². The van der Waals surface area contributed by atoms with Crippen LogP contribution in [-0.4, -0.2) is 28.1 Å². The maximum atomic E-state index is 6.03. The first kappa shape index (κ1) is 16.4. The van der Waals surface area contributed by atoms with Crippen LogP contribution in [0.5, 0.6) is 0 Å². The van der Waals surface area contributed by atoms with Crippen LogP contribution in [-0.2, 0) is 13.5 Å². The van der Waals surface area contributed by atoms with Crippen LogP contribution in [0.15, 0.2) is 41.4 Å². The summed E-state index contributed by atoms with van der Waals surface area (Å²) in [7, 11) is 2.00. The van der Waals surface area contributed by atoms with Gasteiger partial charge in [-0.1, -0.05) is 24.6 Å². The summed E-state index contributed by atoms with van der Waals surface area (Å²) in [5, 5.41) is 8.59. The van der Waals surface area contributed by atoms with Crippen molar-refractivity contribution in [2.24, 2.45) is 7.05 Å². The van der Waals surface area contributed by atoms with Crippen molar-refractivity contribution in [2.45, 2.75) is 30.7 Å². The van der Waals surface area contributed by atoms with E-state index in [-0.39, 0.29) is 0 Å². The second kappa shape index (κ2) is 8.47. The van der Waals surface area contributed by atoms with E-state index in [4.69, 9.17) is 11.6 Å². The van der Waals surface area contributed by atoms with Crippen LogP contribution >= 0.6 is 23.4 Å². The Morgan fingerprint density at radius 3 is 2.90 bits per heavy atom. The highest BCUT2D eigenvalue weighted by atomic mass is 35.5. The van der Waals surface area contributed by atoms with Gasteiger partial charge in [0.05, 0.1) is 0 Å². The van der Waals surface area contributed by atoms with E-state index >= 15 is 0 Å². The molecular weight excluding hydrogens is 302 g/mol. The molecule has 0 bridgehead atoms. The number of nitrogens with one attached hydrogen (secondary N) is 1. The number of aryl methyl sites for hydroxylation is 2. The molecule has 2 rings (SSSR count). The van der Waals surface area contributed by atoms with Crippen LogP contribution in [0, 0.1) is 0 Å². The summed E-state index contributed by atoms with van der Waals surface area (Å²) in [6.07, 6.45) is 4.02. The molecule has 114 valence electrons. The predicted molar refractivity (Wildman–Crippen MR) is 91.2 cm³/mol. The average Bonchev–Trinajstić information content (AvgIpc) is 2.87. The molecule has 0 amide bonds. The molecule has 0 aliphatic heterocycles. The normalized spacial score (nSPS) is 12.5. The number of thioether (sulfide) groups is 1. The number of hydrogen-bond acceptors (Lipinski definition) is 3. The fourth-order valence-corrected chi connectivity index (χ4v) is 3.57. The first-order valence-electron chi connectivity index (χ1n) is 7.27. The first-order valence-corrected chi connectivity index (χ1v) is 8.64. The Morgan fingerprint density at radius 2 is 2.24 bits per heavy atom. The number of rotatable bonds is 8. The van der Waals surface area contributed by atoms with Gasteiger partial charge in [-0.25, -0.2) is 0 Å². The van der Waals surface area contributed by atoms with Gasteiger partial charge in [-0.05, 0) is 43.7 Å². The predicted octanol–water partition coefficient (Wildman–Crippen LogP) is 3.78. The summed E-state index contributed by atoms with van der Waals surface area (Å²) in [4.78, 5) is 1.23. The number of hydrogen-bond donors (Lipinski definition) is 1. The highest BCUT2D eigenvalue weighted by Gasteiger charge is 2.10. The molecule has 0 aliphatic carbocycles. The number of benzene rings is 1. The second-order valence-electron chi connectivity index (χ2n) is 5.01. The monoisotopic (exact) mass is 323 g/mol. The van der Waals surface area contributed by atoms with Crippen molar-refractivity contribution in [1.29, 1.82) is 0 Å². The maximum absolute atomic E-state index is 6.03. The van der Waals surface area contributed by atoms with E-state index < -0.39 is 0 Å². The van der Waals surface area contributed by atoms with E-state index in [1.54, 1.807) is 0 Å². The molecule has 2 aromatic rings. The highest BCUT2D eigenvalue weighted by molar-refractivity contribution is 7.99. The van der Waals surface area contributed by atoms with Crippen LogP contribution in [0.4, 0.5) is 0 Å². The lowest BCUT2D eigenvalue weighted by molar-refractivity contribution is 0.527. The van der Waals surface area contributed by atoms with Gasteiger partial charge in [0.25, 0.3) is 0 Å². The summed E-state index contributed by atoms with van der Waals surface area (Å²) in [6.45, 7) is 3.15. The minimum Gasteiger partial charge on any atom is -0.313 e. The van der Waals surface area contributed by atoms with Gasteiger partial charge in [0.1, 0.15) is 0 Å². The molecule has 0 radical (unpaired) electrons. The molecule has 1 N–H and O–H groups in total. The zero-order valence-corrected chi connectivity index (χ0v) is 14.1. The van der Waals surface area contributed by atoms with Crippen molar-refractivity contribution in [3.63, 3.8) is 0 Å². The molecule has 1 aromatic heterocycles. The molecule has 1 heterocycles. The third kappa shape index (κ3) is 5.38. The van der Waals surface area contributed by atoms with E-state index in [0.717, 1.165) is 30.2 Å². The lowest BCUT2D eigenvalue weighted by Gasteiger charge is -2.17. The third-order valence-electron chi connectivity index (χ3n) is 3.41. The van der Waals surface area contributed by atoms with Gasteiger partial charge in [0, 0.05) is 40.7 Å². The molecule has 0 fully saturated rings. The van der Waals surface area contributed by atoms with E-state index in [9.17, 15) is 0 Å². The zero-order chi connectivity index (χ0) is 15.1. The van der Waals surface area contributed by atoms with Crippen molar-refractivity contribution in [1.82, 2.24) is 15.1 Å². The lowest BCUT2D eigenvalue weighted by atomic mass is 10.1. The molecule has 3 nitrogen and oxygen atoms in total. The first-order chi connectivity index (χ1) is 10.2. The quantitative estimate of drug-likeness (QED) is 0.750. The van der Waals surface area contributed by atoms with Crippen LogP contribution in [0.2, 0.25) is 5.02 Å². The average molecular weight is 324 g/mol. The molecule has 1 aromatic carbocycles. The number of nitrogens with zero attached hydrogens (tertiary/aromatic N) is 2. The maximum Gasteiger partial charge on any atom is 0.0492 e. The summed E-state index contributed by atoms with van der Waals surface area (Å²) < 4.78 is 1.95. The van der Waals surface area contributed by atoms with Crippen LogP contribution in [0.25, 0.3) is 0 Å². The minimum atomic E-state index is 0.494. The van der Waals surface area contributed by atoms with Crippen molar-refractivity contribution in [2.75, 3.05) is 12.3 Å². The van der Waals surface area contributed by atoms with Crippen LogP contribution in [0.1, 0.15) is 19.0 Å². The van der Waals surface area contributed by atoms with Crippen molar-refractivity contribution in [3.8, 4) is 0 Å². The molecule has 0 saturated carbocycles. The molecule has 5 heteroatoms. The Labute approximate surface area is 136 Å². The number of halogens is 1. The SMILES string of the molecule is CCNC(CCc1ccnn1C)CSc1cccc(Cl)c1. The summed E-state index contributed by atoms with van der Waals surface area (Å²) in [5.74, 6) is 1.05. The van der Waals surface area contributed by atoms with Gasteiger partial charge in [-0.2, -0.15) is 5.10 Å². The molecule has 0 aliphatic rings.